The van der Waals surface area contributed by atoms with E-state index in [4.69, 9.17) is 0 Å². The normalized spacial score (nSPS) is 9.58. The third-order valence-electron chi connectivity index (χ3n) is 3.65. The van der Waals surface area contributed by atoms with Gasteiger partial charge in [0.25, 0.3) is 0 Å². The van der Waals surface area contributed by atoms with E-state index in [0.29, 0.717) is 0 Å². The summed E-state index contributed by atoms with van der Waals surface area (Å²) in [7, 11) is 0. The molecule has 0 saturated heterocycles. The Hall–Kier alpha value is -2.09. The van der Waals surface area contributed by atoms with Gasteiger partial charge in [-0.15, -0.1) is 11.8 Å². The minimum Gasteiger partial charge on any atom is -0.126 e. The van der Waals surface area contributed by atoms with Crippen LogP contribution in [0.3, 0.4) is 0 Å². The second kappa shape index (κ2) is 10.6. The Labute approximate surface area is 151 Å². The minimum atomic E-state index is 1.00. The van der Waals surface area contributed by atoms with E-state index in [1.807, 2.05) is 23.9 Å². The molecule has 0 aliphatic rings. The van der Waals surface area contributed by atoms with Crippen molar-refractivity contribution in [2.24, 2.45) is 0 Å². The van der Waals surface area contributed by atoms with Crippen molar-refractivity contribution in [1.29, 1.82) is 0 Å². The molecule has 1 heteroatoms. The topological polar surface area (TPSA) is 0 Å². The SMILES string of the molecule is CCCCCCSc1ccc(C#CC#Cc2ccc(C)cc2)cc1. The van der Waals surface area contributed by atoms with Gasteiger partial charge in [-0.25, -0.2) is 0 Å². The minimum absolute atomic E-state index is 1.00. The maximum atomic E-state index is 3.10. The van der Waals surface area contributed by atoms with E-state index in [1.165, 1.54) is 41.9 Å². The molecule has 0 heterocycles. The molecule has 2 rings (SSSR count). The summed E-state index contributed by atoms with van der Waals surface area (Å²) in [6.45, 7) is 4.32. The van der Waals surface area contributed by atoms with Crippen LogP contribution >= 0.6 is 11.8 Å². The average molecular weight is 333 g/mol. The molecular weight excluding hydrogens is 308 g/mol. The highest BCUT2D eigenvalue weighted by Crippen LogP contribution is 2.20. The molecule has 0 aliphatic carbocycles. The average Bonchev–Trinajstić information content (AvgIpc) is 2.61. The number of thioether (sulfide) groups is 1. The third-order valence-corrected chi connectivity index (χ3v) is 4.75. The molecular formula is C23H24S. The Bertz CT molecular complexity index is 731. The van der Waals surface area contributed by atoms with Crippen molar-refractivity contribution in [3.05, 3.63) is 65.2 Å². The molecule has 0 aliphatic heterocycles. The summed E-state index contributed by atoms with van der Waals surface area (Å²) < 4.78 is 0. The Morgan fingerprint density at radius 1 is 0.750 bits per heavy atom. The highest BCUT2D eigenvalue weighted by molar-refractivity contribution is 7.99. The fourth-order valence-corrected chi connectivity index (χ4v) is 3.11. The second-order valence-electron chi connectivity index (χ2n) is 5.80. The van der Waals surface area contributed by atoms with Crippen molar-refractivity contribution in [1.82, 2.24) is 0 Å². The van der Waals surface area contributed by atoms with Gasteiger partial charge in [0.05, 0.1) is 0 Å². The summed E-state index contributed by atoms with van der Waals surface area (Å²) in [5.41, 5.74) is 3.27. The molecule has 122 valence electrons. The molecule has 0 radical (unpaired) electrons. The van der Waals surface area contributed by atoms with E-state index in [-0.39, 0.29) is 0 Å². The van der Waals surface area contributed by atoms with Crippen molar-refractivity contribution in [3.63, 3.8) is 0 Å². The molecule has 0 N–H and O–H groups in total. The predicted octanol–water partition coefficient (Wildman–Crippen LogP) is 6.07. The Morgan fingerprint density at radius 3 is 1.92 bits per heavy atom. The van der Waals surface area contributed by atoms with Crippen LogP contribution in [-0.4, -0.2) is 5.75 Å². The lowest BCUT2D eigenvalue weighted by molar-refractivity contribution is 0.706. The van der Waals surface area contributed by atoms with Crippen molar-refractivity contribution in [3.8, 4) is 23.7 Å². The summed E-state index contributed by atoms with van der Waals surface area (Å²) in [5, 5.41) is 0. The summed E-state index contributed by atoms with van der Waals surface area (Å²) in [6, 6.07) is 16.6. The Kier molecular flexibility index (Phi) is 8.09. The van der Waals surface area contributed by atoms with Gasteiger partial charge in [0.2, 0.25) is 0 Å². The van der Waals surface area contributed by atoms with E-state index >= 15 is 0 Å². The lowest BCUT2D eigenvalue weighted by atomic mass is 10.1. The molecule has 0 fully saturated rings. The monoisotopic (exact) mass is 332 g/mol. The fraction of sp³-hybridized carbons (Fsp3) is 0.304. The van der Waals surface area contributed by atoms with Crippen molar-refractivity contribution in [2.75, 3.05) is 5.75 Å². The van der Waals surface area contributed by atoms with Crippen LogP contribution in [-0.2, 0) is 0 Å². The van der Waals surface area contributed by atoms with E-state index < -0.39 is 0 Å². The van der Waals surface area contributed by atoms with Crippen LogP contribution in [0.25, 0.3) is 0 Å². The largest absolute Gasteiger partial charge is 0.126 e. The Morgan fingerprint density at radius 2 is 1.33 bits per heavy atom. The smallest absolute Gasteiger partial charge is 0.0256 e. The van der Waals surface area contributed by atoms with Gasteiger partial charge in [0.15, 0.2) is 0 Å². The van der Waals surface area contributed by atoms with E-state index in [2.05, 4.69) is 73.9 Å². The van der Waals surface area contributed by atoms with Gasteiger partial charge in [-0.05, 0) is 67.3 Å². The number of unbranched alkanes of at least 4 members (excludes halogenated alkanes) is 3. The van der Waals surface area contributed by atoms with Gasteiger partial charge >= 0.3 is 0 Å². The molecule has 2 aromatic rings. The lowest BCUT2D eigenvalue weighted by Crippen LogP contribution is -1.81. The first-order valence-corrected chi connectivity index (χ1v) is 9.58. The molecule has 2 aromatic carbocycles. The van der Waals surface area contributed by atoms with E-state index in [9.17, 15) is 0 Å². The molecule has 0 atom stereocenters. The predicted molar refractivity (Wildman–Crippen MR) is 106 cm³/mol. The first kappa shape index (κ1) is 18.3. The fourth-order valence-electron chi connectivity index (χ4n) is 2.20. The van der Waals surface area contributed by atoms with Crippen LogP contribution in [0.4, 0.5) is 0 Å². The molecule has 0 spiro atoms. The highest BCUT2D eigenvalue weighted by Gasteiger charge is 1.94. The number of benzene rings is 2. The first-order chi connectivity index (χ1) is 11.8. The van der Waals surface area contributed by atoms with Crippen LogP contribution in [0.1, 0.15) is 49.3 Å². The second-order valence-corrected chi connectivity index (χ2v) is 6.97. The quantitative estimate of drug-likeness (QED) is 0.351. The highest BCUT2D eigenvalue weighted by atomic mass is 32.2. The van der Waals surface area contributed by atoms with E-state index in [0.717, 1.165) is 11.1 Å². The van der Waals surface area contributed by atoms with Crippen LogP contribution < -0.4 is 0 Å². The third kappa shape index (κ3) is 6.99. The summed E-state index contributed by atoms with van der Waals surface area (Å²) in [4.78, 5) is 1.32. The molecule has 0 unspecified atom stereocenters. The van der Waals surface area contributed by atoms with Crippen LogP contribution in [0, 0.1) is 30.6 Å². The molecule has 0 amide bonds. The van der Waals surface area contributed by atoms with Crippen LogP contribution in [0.15, 0.2) is 53.4 Å². The number of rotatable bonds is 6. The van der Waals surface area contributed by atoms with Gasteiger partial charge in [0.1, 0.15) is 0 Å². The summed E-state index contributed by atoms with van der Waals surface area (Å²) in [6.07, 6.45) is 5.28. The molecule has 0 bridgehead atoms. The van der Waals surface area contributed by atoms with Gasteiger partial charge in [-0.2, -0.15) is 0 Å². The number of hydrogen-bond acceptors (Lipinski definition) is 1. The van der Waals surface area contributed by atoms with Crippen molar-refractivity contribution >= 4 is 11.8 Å². The van der Waals surface area contributed by atoms with Gasteiger partial charge in [0, 0.05) is 16.0 Å². The van der Waals surface area contributed by atoms with Gasteiger partial charge in [-0.1, -0.05) is 55.7 Å². The molecule has 0 nitrogen and oxygen atoms in total. The van der Waals surface area contributed by atoms with Gasteiger partial charge in [-0.3, -0.25) is 0 Å². The van der Waals surface area contributed by atoms with Crippen molar-refractivity contribution < 1.29 is 0 Å². The van der Waals surface area contributed by atoms with Crippen LogP contribution in [0.5, 0.6) is 0 Å². The zero-order valence-electron chi connectivity index (χ0n) is 14.6. The zero-order chi connectivity index (χ0) is 17.0. The maximum absolute atomic E-state index is 3.10. The first-order valence-electron chi connectivity index (χ1n) is 8.59. The maximum Gasteiger partial charge on any atom is 0.0256 e. The van der Waals surface area contributed by atoms with Gasteiger partial charge < -0.3 is 0 Å². The molecule has 0 aromatic heterocycles. The molecule has 0 saturated carbocycles. The lowest BCUT2D eigenvalue weighted by Gasteiger charge is -2.01. The summed E-state index contributed by atoms with van der Waals surface area (Å²) >= 11 is 1.93. The van der Waals surface area contributed by atoms with E-state index in [1.54, 1.807) is 0 Å². The summed E-state index contributed by atoms with van der Waals surface area (Å²) in [5.74, 6) is 13.2. The standard InChI is InChI=1S/C23H24S/c1-3-4-5-8-19-24-23-17-15-22(16-18-23)10-7-6-9-21-13-11-20(2)12-14-21/h11-18H,3-5,8,19H2,1-2H3. The van der Waals surface area contributed by atoms with Crippen molar-refractivity contribution in [2.45, 2.75) is 44.4 Å². The number of hydrogen-bond donors (Lipinski definition) is 0. The Balaban J connectivity index is 1.83. The molecule has 24 heavy (non-hydrogen) atoms. The number of aryl methyl sites for hydroxylation is 1. The van der Waals surface area contributed by atoms with Crippen LogP contribution in [0.2, 0.25) is 0 Å². The zero-order valence-corrected chi connectivity index (χ0v) is 15.4.